The lowest BCUT2D eigenvalue weighted by Gasteiger charge is -2.23. The highest BCUT2D eigenvalue weighted by atomic mass is 35.5. The van der Waals surface area contributed by atoms with Gasteiger partial charge in [0.25, 0.3) is 5.91 Å². The van der Waals surface area contributed by atoms with E-state index in [1.54, 1.807) is 48.3 Å². The molecule has 1 aliphatic heterocycles. The summed E-state index contributed by atoms with van der Waals surface area (Å²) in [4.78, 5) is 39.9. The van der Waals surface area contributed by atoms with Crippen molar-refractivity contribution in [3.05, 3.63) is 64.7 Å². The Hall–Kier alpha value is -2.97. The molecule has 3 rings (SSSR count). The third-order valence-electron chi connectivity index (χ3n) is 4.76. The summed E-state index contributed by atoms with van der Waals surface area (Å²) in [7, 11) is 2.90. The molecule has 1 saturated heterocycles. The maximum absolute atomic E-state index is 12.7. The van der Waals surface area contributed by atoms with Crippen molar-refractivity contribution >= 4 is 52.4 Å². The number of amides is 2. The van der Waals surface area contributed by atoms with Gasteiger partial charge >= 0.3 is 5.97 Å². The molecule has 2 aromatic carbocycles. The number of esters is 1. The molecule has 2 amide bonds. The summed E-state index contributed by atoms with van der Waals surface area (Å²) >= 11 is 11.3. The van der Waals surface area contributed by atoms with Crippen molar-refractivity contribution < 1.29 is 19.1 Å². The number of thiocarbonyl (C=S) groups is 1. The van der Waals surface area contributed by atoms with Crippen molar-refractivity contribution in [3.8, 4) is 0 Å². The van der Waals surface area contributed by atoms with Crippen LogP contribution in [0.2, 0.25) is 5.02 Å². The van der Waals surface area contributed by atoms with E-state index in [1.165, 1.54) is 12.0 Å². The van der Waals surface area contributed by atoms with Crippen molar-refractivity contribution in [2.45, 2.75) is 19.0 Å². The molecule has 2 aromatic rings. The molecule has 1 aliphatic rings. The van der Waals surface area contributed by atoms with E-state index >= 15 is 0 Å². The van der Waals surface area contributed by atoms with Crippen LogP contribution in [0.4, 0.5) is 5.69 Å². The van der Waals surface area contributed by atoms with E-state index in [1.807, 2.05) is 12.1 Å². The molecule has 1 N–H and O–H groups in total. The first-order valence-electron chi connectivity index (χ1n) is 9.11. The SMILES string of the molecule is COC(=O)c1ccc(NC(=O)C[C@@H]2C(=O)N(C)C(=S)N2Cc2ccc(Cl)cc2)cc1. The number of anilines is 1. The van der Waals surface area contributed by atoms with Crippen LogP contribution in [-0.4, -0.2) is 52.9 Å². The molecule has 7 nitrogen and oxygen atoms in total. The molecule has 0 radical (unpaired) electrons. The Morgan fingerprint density at radius 3 is 2.37 bits per heavy atom. The summed E-state index contributed by atoms with van der Waals surface area (Å²) < 4.78 is 4.65. The number of hydrogen-bond donors (Lipinski definition) is 1. The van der Waals surface area contributed by atoms with Gasteiger partial charge in [0.05, 0.1) is 19.1 Å². The number of likely N-dealkylation sites (N-methyl/N-ethyl adjacent to an activating group) is 1. The van der Waals surface area contributed by atoms with Gasteiger partial charge in [-0.05, 0) is 54.2 Å². The van der Waals surface area contributed by atoms with E-state index in [4.69, 9.17) is 23.8 Å². The number of nitrogens with one attached hydrogen (secondary N) is 1. The van der Waals surface area contributed by atoms with Crippen LogP contribution in [0.1, 0.15) is 22.3 Å². The topological polar surface area (TPSA) is 78.9 Å². The van der Waals surface area contributed by atoms with Crippen molar-refractivity contribution in [1.29, 1.82) is 0 Å². The van der Waals surface area contributed by atoms with Crippen molar-refractivity contribution in [2.24, 2.45) is 0 Å². The Morgan fingerprint density at radius 1 is 1.13 bits per heavy atom. The van der Waals surface area contributed by atoms with Crippen LogP contribution in [0.25, 0.3) is 0 Å². The lowest BCUT2D eigenvalue weighted by Crippen LogP contribution is -2.37. The zero-order valence-electron chi connectivity index (χ0n) is 16.4. The fourth-order valence-electron chi connectivity index (χ4n) is 3.13. The largest absolute Gasteiger partial charge is 0.465 e. The molecule has 0 saturated carbocycles. The van der Waals surface area contributed by atoms with Crippen LogP contribution in [0.3, 0.4) is 0 Å². The molecule has 1 atom stereocenters. The lowest BCUT2D eigenvalue weighted by molar-refractivity contribution is -0.130. The fourth-order valence-corrected chi connectivity index (χ4v) is 3.54. The van der Waals surface area contributed by atoms with E-state index in [0.29, 0.717) is 27.9 Å². The summed E-state index contributed by atoms with van der Waals surface area (Å²) in [6.45, 7) is 0.387. The standard InChI is InChI=1S/C21H20ClN3O4S/c1-24-19(27)17(25(21(24)30)12-13-3-7-15(22)8-4-13)11-18(26)23-16-9-5-14(6-10-16)20(28)29-2/h3-10,17H,11-12H2,1-2H3,(H,23,26)/t17-/m1/s1. The molecule has 30 heavy (non-hydrogen) atoms. The second-order valence-corrected chi connectivity index (χ2v) is 7.57. The first-order valence-corrected chi connectivity index (χ1v) is 9.89. The molecule has 156 valence electrons. The Balaban J connectivity index is 1.69. The highest BCUT2D eigenvalue weighted by Crippen LogP contribution is 2.23. The number of carbonyl (C=O) groups excluding carboxylic acids is 3. The first-order chi connectivity index (χ1) is 14.3. The van der Waals surface area contributed by atoms with Crippen LogP contribution < -0.4 is 5.32 Å². The molecule has 0 unspecified atom stereocenters. The van der Waals surface area contributed by atoms with E-state index in [2.05, 4.69) is 10.1 Å². The van der Waals surface area contributed by atoms with Gasteiger partial charge in [-0.3, -0.25) is 14.5 Å². The van der Waals surface area contributed by atoms with Crippen molar-refractivity contribution in [1.82, 2.24) is 9.80 Å². The second-order valence-electron chi connectivity index (χ2n) is 6.77. The Bertz CT molecular complexity index is 979. The van der Waals surface area contributed by atoms with Crippen LogP contribution >= 0.6 is 23.8 Å². The smallest absolute Gasteiger partial charge is 0.337 e. The summed E-state index contributed by atoms with van der Waals surface area (Å²) in [5.74, 6) is -1.03. The molecular weight excluding hydrogens is 426 g/mol. The molecule has 0 spiro atoms. The summed E-state index contributed by atoms with van der Waals surface area (Å²) in [6, 6.07) is 12.8. The quantitative estimate of drug-likeness (QED) is 0.543. The van der Waals surface area contributed by atoms with Gasteiger partial charge in [0, 0.05) is 24.3 Å². The maximum atomic E-state index is 12.7. The van der Waals surface area contributed by atoms with Gasteiger partial charge in [0.15, 0.2) is 5.11 Å². The fraction of sp³-hybridized carbons (Fsp3) is 0.238. The van der Waals surface area contributed by atoms with Crippen molar-refractivity contribution in [3.63, 3.8) is 0 Å². The van der Waals surface area contributed by atoms with Crippen LogP contribution in [0, 0.1) is 0 Å². The molecule has 0 aliphatic carbocycles. The Labute approximate surface area is 184 Å². The Morgan fingerprint density at radius 2 is 1.77 bits per heavy atom. The third-order valence-corrected chi connectivity index (χ3v) is 5.52. The second kappa shape index (κ2) is 9.23. The van der Waals surface area contributed by atoms with E-state index in [-0.39, 0.29) is 18.2 Å². The zero-order valence-corrected chi connectivity index (χ0v) is 18.0. The van der Waals surface area contributed by atoms with Gasteiger partial charge in [0.2, 0.25) is 5.91 Å². The number of benzene rings is 2. The van der Waals surface area contributed by atoms with Gasteiger partial charge in [-0.2, -0.15) is 0 Å². The van der Waals surface area contributed by atoms with E-state index in [0.717, 1.165) is 5.56 Å². The van der Waals surface area contributed by atoms with Gasteiger partial charge in [-0.25, -0.2) is 4.79 Å². The molecule has 1 fully saturated rings. The maximum Gasteiger partial charge on any atom is 0.337 e. The predicted octanol–water partition coefficient (Wildman–Crippen LogP) is 3.08. The molecule has 0 aromatic heterocycles. The van der Waals surface area contributed by atoms with Gasteiger partial charge < -0.3 is 15.0 Å². The van der Waals surface area contributed by atoms with Gasteiger partial charge in [-0.15, -0.1) is 0 Å². The zero-order chi connectivity index (χ0) is 21.8. The van der Waals surface area contributed by atoms with Crippen molar-refractivity contribution in [2.75, 3.05) is 19.5 Å². The number of carbonyl (C=O) groups is 3. The normalized spacial score (nSPS) is 16.0. The highest BCUT2D eigenvalue weighted by molar-refractivity contribution is 7.80. The minimum absolute atomic E-state index is 0.0599. The minimum Gasteiger partial charge on any atom is -0.465 e. The summed E-state index contributed by atoms with van der Waals surface area (Å²) in [6.07, 6.45) is -0.0599. The molecular formula is C21H20ClN3O4S. The minimum atomic E-state index is -0.701. The molecule has 9 heteroatoms. The number of methoxy groups -OCH3 is 1. The summed E-state index contributed by atoms with van der Waals surface area (Å²) in [5, 5.41) is 3.73. The Kier molecular flexibility index (Phi) is 6.69. The van der Waals surface area contributed by atoms with E-state index in [9.17, 15) is 14.4 Å². The molecule has 0 bridgehead atoms. The van der Waals surface area contributed by atoms with Crippen LogP contribution in [0.5, 0.6) is 0 Å². The first kappa shape index (κ1) is 21.7. The number of hydrogen-bond acceptors (Lipinski definition) is 5. The number of halogens is 1. The predicted molar refractivity (Wildman–Crippen MR) is 117 cm³/mol. The molecule has 1 heterocycles. The van der Waals surface area contributed by atoms with Crippen LogP contribution in [0.15, 0.2) is 48.5 Å². The third kappa shape index (κ3) is 4.77. The number of nitrogens with zero attached hydrogens (tertiary/aromatic N) is 2. The average Bonchev–Trinajstić information content (AvgIpc) is 2.93. The average molecular weight is 446 g/mol. The van der Waals surface area contributed by atoms with Gasteiger partial charge in [0.1, 0.15) is 6.04 Å². The summed E-state index contributed by atoms with van der Waals surface area (Å²) in [5.41, 5.74) is 1.81. The lowest BCUT2D eigenvalue weighted by atomic mass is 10.1. The number of rotatable bonds is 6. The van der Waals surface area contributed by atoms with Gasteiger partial charge in [-0.1, -0.05) is 23.7 Å². The number of ether oxygens (including phenoxy) is 1. The van der Waals surface area contributed by atoms with Crippen LogP contribution in [-0.2, 0) is 20.9 Å². The highest BCUT2D eigenvalue weighted by Gasteiger charge is 2.41. The van der Waals surface area contributed by atoms with E-state index < -0.39 is 12.0 Å². The monoisotopic (exact) mass is 445 g/mol.